The predicted octanol–water partition coefficient (Wildman–Crippen LogP) is 3.91. The van der Waals surface area contributed by atoms with E-state index in [-0.39, 0.29) is 12.0 Å². The molecule has 0 spiro atoms. The number of H-pyrrole nitrogens is 1. The van der Waals surface area contributed by atoms with E-state index < -0.39 is 0 Å². The lowest BCUT2D eigenvalue weighted by molar-refractivity contribution is 0.0623. The molecule has 2 aromatic carbocycles. The molecule has 28 heavy (non-hydrogen) atoms. The van der Waals surface area contributed by atoms with Gasteiger partial charge in [0.05, 0.1) is 6.10 Å². The second-order valence-corrected chi connectivity index (χ2v) is 7.65. The molecule has 5 heteroatoms. The van der Waals surface area contributed by atoms with Gasteiger partial charge >= 0.3 is 0 Å². The van der Waals surface area contributed by atoms with Crippen LogP contribution >= 0.6 is 0 Å². The van der Waals surface area contributed by atoms with Gasteiger partial charge in [-0.3, -0.25) is 9.69 Å². The number of hydrogen-bond donors (Lipinski definition) is 1. The van der Waals surface area contributed by atoms with Crippen molar-refractivity contribution in [1.29, 1.82) is 0 Å². The van der Waals surface area contributed by atoms with Crippen LogP contribution < -0.4 is 4.74 Å². The first kappa shape index (κ1) is 18.6. The van der Waals surface area contributed by atoms with Gasteiger partial charge in [-0.05, 0) is 43.7 Å². The number of ether oxygens (including phenoxy) is 1. The highest BCUT2D eigenvalue weighted by Gasteiger charge is 2.23. The van der Waals surface area contributed by atoms with Crippen molar-refractivity contribution in [3.63, 3.8) is 0 Å². The molecule has 5 nitrogen and oxygen atoms in total. The summed E-state index contributed by atoms with van der Waals surface area (Å²) in [6.07, 6.45) is 0.175. The molecule has 1 fully saturated rings. The summed E-state index contributed by atoms with van der Waals surface area (Å²) in [6, 6.07) is 18.2. The highest BCUT2D eigenvalue weighted by atomic mass is 16.5. The van der Waals surface area contributed by atoms with Crippen LogP contribution in [0.25, 0.3) is 10.9 Å². The van der Waals surface area contributed by atoms with Crippen LogP contribution in [0.15, 0.2) is 54.6 Å². The topological polar surface area (TPSA) is 48.6 Å². The van der Waals surface area contributed by atoms with Gasteiger partial charge in [0.25, 0.3) is 5.91 Å². The zero-order chi connectivity index (χ0) is 19.5. The summed E-state index contributed by atoms with van der Waals surface area (Å²) < 4.78 is 5.79. The Bertz CT molecular complexity index is 922. The van der Waals surface area contributed by atoms with Gasteiger partial charge in [0.2, 0.25) is 0 Å². The van der Waals surface area contributed by atoms with Gasteiger partial charge in [-0.25, -0.2) is 0 Å². The van der Waals surface area contributed by atoms with Crippen LogP contribution in [0.4, 0.5) is 0 Å². The van der Waals surface area contributed by atoms with Gasteiger partial charge in [0.15, 0.2) is 0 Å². The van der Waals surface area contributed by atoms with E-state index in [4.69, 9.17) is 4.74 Å². The van der Waals surface area contributed by atoms with Crippen LogP contribution in [-0.2, 0) is 6.54 Å². The molecular weight excluding hydrogens is 350 g/mol. The standard InChI is InChI=1S/C23H27N3O2/c1-17(2)28-20-8-5-6-18(14-20)16-25-10-12-26(13-11-25)23(27)22-15-19-7-3-4-9-21(19)24-22/h3-9,14-15,17,24H,10-13,16H2,1-2H3. The maximum absolute atomic E-state index is 12.8. The third-order valence-electron chi connectivity index (χ3n) is 5.10. The average molecular weight is 377 g/mol. The van der Waals surface area contributed by atoms with E-state index in [9.17, 15) is 4.79 Å². The molecule has 1 amide bonds. The van der Waals surface area contributed by atoms with Crippen molar-refractivity contribution in [2.24, 2.45) is 0 Å². The van der Waals surface area contributed by atoms with Crippen LogP contribution in [0.1, 0.15) is 29.9 Å². The first-order valence-electron chi connectivity index (χ1n) is 9.93. The number of aromatic nitrogens is 1. The zero-order valence-corrected chi connectivity index (χ0v) is 16.5. The minimum Gasteiger partial charge on any atom is -0.491 e. The third-order valence-corrected chi connectivity index (χ3v) is 5.10. The maximum atomic E-state index is 12.8. The van der Waals surface area contributed by atoms with Crippen molar-refractivity contribution in [2.75, 3.05) is 26.2 Å². The summed E-state index contributed by atoms with van der Waals surface area (Å²) in [4.78, 5) is 20.4. The van der Waals surface area contributed by atoms with Crippen molar-refractivity contribution < 1.29 is 9.53 Å². The predicted molar refractivity (Wildman–Crippen MR) is 112 cm³/mol. The van der Waals surface area contributed by atoms with Gasteiger partial charge in [-0.2, -0.15) is 0 Å². The molecular formula is C23H27N3O2. The SMILES string of the molecule is CC(C)Oc1cccc(CN2CCN(C(=O)c3cc4ccccc4[nH]3)CC2)c1. The van der Waals surface area contributed by atoms with Crippen molar-refractivity contribution >= 4 is 16.8 Å². The van der Waals surface area contributed by atoms with Gasteiger partial charge in [-0.15, -0.1) is 0 Å². The van der Waals surface area contributed by atoms with Crippen molar-refractivity contribution in [3.05, 3.63) is 65.9 Å². The number of aromatic amines is 1. The lowest BCUT2D eigenvalue weighted by Crippen LogP contribution is -2.48. The molecule has 0 bridgehead atoms. The second kappa shape index (κ2) is 8.07. The largest absolute Gasteiger partial charge is 0.491 e. The van der Waals surface area contributed by atoms with Gasteiger partial charge in [-0.1, -0.05) is 30.3 Å². The number of amides is 1. The molecule has 0 unspecified atom stereocenters. The van der Waals surface area contributed by atoms with E-state index in [1.807, 2.05) is 61.2 Å². The Hall–Kier alpha value is -2.79. The van der Waals surface area contributed by atoms with E-state index in [2.05, 4.69) is 22.0 Å². The lowest BCUT2D eigenvalue weighted by Gasteiger charge is -2.34. The molecule has 0 saturated carbocycles. The monoisotopic (exact) mass is 377 g/mol. The first-order valence-corrected chi connectivity index (χ1v) is 9.93. The summed E-state index contributed by atoms with van der Waals surface area (Å²) in [5.41, 5.74) is 2.93. The van der Waals surface area contributed by atoms with E-state index in [0.29, 0.717) is 5.69 Å². The fourth-order valence-electron chi connectivity index (χ4n) is 3.72. The highest BCUT2D eigenvalue weighted by Crippen LogP contribution is 2.19. The molecule has 1 saturated heterocycles. The van der Waals surface area contributed by atoms with Gasteiger partial charge in [0.1, 0.15) is 11.4 Å². The average Bonchev–Trinajstić information content (AvgIpc) is 3.12. The van der Waals surface area contributed by atoms with Crippen LogP contribution in [-0.4, -0.2) is 53.0 Å². The Kier molecular flexibility index (Phi) is 5.35. The molecule has 1 aliphatic heterocycles. The number of hydrogen-bond acceptors (Lipinski definition) is 3. The van der Waals surface area contributed by atoms with E-state index in [1.165, 1.54) is 5.56 Å². The lowest BCUT2D eigenvalue weighted by atomic mass is 10.2. The molecule has 0 aliphatic carbocycles. The van der Waals surface area contributed by atoms with E-state index in [1.54, 1.807) is 0 Å². The molecule has 1 N–H and O–H groups in total. The first-order chi connectivity index (χ1) is 13.6. The Labute approximate surface area is 165 Å². The van der Waals surface area contributed by atoms with E-state index in [0.717, 1.165) is 49.4 Å². The van der Waals surface area contributed by atoms with Crippen molar-refractivity contribution in [1.82, 2.24) is 14.8 Å². The number of fused-ring (bicyclic) bond motifs is 1. The molecule has 4 rings (SSSR count). The second-order valence-electron chi connectivity index (χ2n) is 7.65. The zero-order valence-electron chi connectivity index (χ0n) is 16.5. The summed E-state index contributed by atoms with van der Waals surface area (Å²) in [7, 11) is 0. The number of nitrogens with zero attached hydrogens (tertiary/aromatic N) is 2. The summed E-state index contributed by atoms with van der Waals surface area (Å²) in [5, 5.41) is 1.08. The smallest absolute Gasteiger partial charge is 0.270 e. The Morgan fingerprint density at radius 2 is 1.82 bits per heavy atom. The molecule has 146 valence electrons. The summed E-state index contributed by atoms with van der Waals surface area (Å²) in [5.74, 6) is 1.00. The van der Waals surface area contributed by atoms with Crippen molar-refractivity contribution in [3.8, 4) is 5.75 Å². The minimum atomic E-state index is 0.0863. The highest BCUT2D eigenvalue weighted by molar-refractivity contribution is 5.98. The Morgan fingerprint density at radius 3 is 2.57 bits per heavy atom. The fourth-order valence-corrected chi connectivity index (χ4v) is 3.72. The number of carbonyl (C=O) groups is 1. The number of piperazine rings is 1. The Balaban J connectivity index is 1.35. The van der Waals surface area contributed by atoms with Gasteiger partial charge in [0, 0.05) is 43.6 Å². The maximum Gasteiger partial charge on any atom is 0.270 e. The third kappa shape index (κ3) is 4.20. The molecule has 1 aromatic heterocycles. The number of nitrogens with one attached hydrogen (secondary N) is 1. The number of carbonyl (C=O) groups excluding carboxylic acids is 1. The molecule has 0 atom stereocenters. The molecule has 0 radical (unpaired) electrons. The summed E-state index contributed by atoms with van der Waals surface area (Å²) in [6.45, 7) is 8.20. The minimum absolute atomic E-state index is 0.0863. The number of rotatable bonds is 5. The quantitative estimate of drug-likeness (QED) is 0.733. The number of benzene rings is 2. The van der Waals surface area contributed by atoms with Crippen LogP contribution in [0, 0.1) is 0 Å². The van der Waals surface area contributed by atoms with Crippen molar-refractivity contribution in [2.45, 2.75) is 26.5 Å². The number of para-hydroxylation sites is 1. The Morgan fingerprint density at radius 1 is 1.04 bits per heavy atom. The van der Waals surface area contributed by atoms with Crippen LogP contribution in [0.2, 0.25) is 0 Å². The van der Waals surface area contributed by atoms with Crippen LogP contribution in [0.5, 0.6) is 5.75 Å². The molecule has 1 aliphatic rings. The van der Waals surface area contributed by atoms with E-state index >= 15 is 0 Å². The summed E-state index contributed by atoms with van der Waals surface area (Å²) >= 11 is 0. The molecule has 2 heterocycles. The van der Waals surface area contributed by atoms with Gasteiger partial charge < -0.3 is 14.6 Å². The molecule has 3 aromatic rings. The fraction of sp³-hybridized carbons (Fsp3) is 0.348. The van der Waals surface area contributed by atoms with Crippen LogP contribution in [0.3, 0.4) is 0 Å². The normalized spacial score (nSPS) is 15.3.